The molecular weight excluding hydrogens is 224 g/mol. The lowest BCUT2D eigenvalue weighted by molar-refractivity contribution is 0.972. The highest BCUT2D eigenvalue weighted by molar-refractivity contribution is 7.99. The van der Waals surface area contributed by atoms with Crippen molar-refractivity contribution in [3.05, 3.63) is 59.7 Å². The molecule has 0 unspecified atom stereocenters. The Labute approximate surface area is 107 Å². The lowest BCUT2D eigenvalue weighted by Gasteiger charge is -2.12. The van der Waals surface area contributed by atoms with Crippen molar-refractivity contribution < 1.29 is 0 Å². The lowest BCUT2D eigenvalue weighted by atomic mass is 9.99. The number of fused-ring (bicyclic) bond motifs is 3. The minimum atomic E-state index is 0.590. The SMILES string of the molecule is CCSCC1c2ccccc2-c2ccccc21. The maximum absolute atomic E-state index is 2.29. The Balaban J connectivity index is 2.10. The molecule has 0 bridgehead atoms. The highest BCUT2D eigenvalue weighted by Crippen LogP contribution is 2.45. The molecule has 0 nitrogen and oxygen atoms in total. The molecule has 0 amide bonds. The molecule has 2 aromatic carbocycles. The first kappa shape index (κ1) is 10.9. The van der Waals surface area contributed by atoms with Crippen LogP contribution in [-0.2, 0) is 0 Å². The number of thioether (sulfide) groups is 1. The van der Waals surface area contributed by atoms with Crippen LogP contribution < -0.4 is 0 Å². The van der Waals surface area contributed by atoms with Crippen molar-refractivity contribution in [3.8, 4) is 11.1 Å². The summed E-state index contributed by atoms with van der Waals surface area (Å²) in [6.45, 7) is 2.23. The second-order valence-electron chi connectivity index (χ2n) is 4.39. The summed E-state index contributed by atoms with van der Waals surface area (Å²) in [6, 6.07) is 17.7. The van der Waals surface area contributed by atoms with Gasteiger partial charge in [0.15, 0.2) is 0 Å². The Kier molecular flexibility index (Phi) is 2.94. The van der Waals surface area contributed by atoms with Crippen LogP contribution in [0.25, 0.3) is 11.1 Å². The largest absolute Gasteiger partial charge is 0.161 e. The highest BCUT2D eigenvalue weighted by atomic mass is 32.2. The van der Waals surface area contributed by atoms with Crippen molar-refractivity contribution >= 4 is 11.8 Å². The van der Waals surface area contributed by atoms with Gasteiger partial charge >= 0.3 is 0 Å². The molecule has 1 aliphatic rings. The molecule has 0 N–H and O–H groups in total. The number of rotatable bonds is 3. The Morgan fingerprint density at radius 1 is 0.882 bits per heavy atom. The van der Waals surface area contributed by atoms with E-state index in [1.54, 1.807) is 0 Å². The van der Waals surface area contributed by atoms with Gasteiger partial charge in [0.25, 0.3) is 0 Å². The van der Waals surface area contributed by atoms with Gasteiger partial charge in [-0.25, -0.2) is 0 Å². The van der Waals surface area contributed by atoms with E-state index in [0.29, 0.717) is 5.92 Å². The van der Waals surface area contributed by atoms with Crippen molar-refractivity contribution in [1.82, 2.24) is 0 Å². The monoisotopic (exact) mass is 240 g/mol. The van der Waals surface area contributed by atoms with Gasteiger partial charge in [-0.1, -0.05) is 55.5 Å². The molecule has 0 fully saturated rings. The first-order chi connectivity index (χ1) is 8.42. The van der Waals surface area contributed by atoms with Crippen LogP contribution in [0.4, 0.5) is 0 Å². The molecule has 3 rings (SSSR count). The minimum absolute atomic E-state index is 0.590. The molecule has 17 heavy (non-hydrogen) atoms. The van der Waals surface area contributed by atoms with E-state index >= 15 is 0 Å². The topological polar surface area (TPSA) is 0 Å². The van der Waals surface area contributed by atoms with E-state index in [0.717, 1.165) is 0 Å². The molecule has 0 spiro atoms. The van der Waals surface area contributed by atoms with Gasteiger partial charge in [0.2, 0.25) is 0 Å². The third-order valence-electron chi connectivity index (χ3n) is 3.45. The number of hydrogen-bond acceptors (Lipinski definition) is 1. The van der Waals surface area contributed by atoms with Gasteiger partial charge in [0.1, 0.15) is 0 Å². The zero-order valence-corrected chi connectivity index (χ0v) is 10.8. The fourth-order valence-electron chi connectivity index (χ4n) is 2.68. The molecule has 86 valence electrons. The van der Waals surface area contributed by atoms with Crippen LogP contribution in [0, 0.1) is 0 Å². The molecular formula is C16H16S. The lowest BCUT2D eigenvalue weighted by Crippen LogP contribution is -1.99. The maximum atomic E-state index is 2.29. The van der Waals surface area contributed by atoms with E-state index in [9.17, 15) is 0 Å². The Hall–Kier alpha value is -1.21. The van der Waals surface area contributed by atoms with Crippen molar-refractivity contribution in [2.75, 3.05) is 11.5 Å². The summed E-state index contributed by atoms with van der Waals surface area (Å²) in [5, 5.41) is 0. The first-order valence-electron chi connectivity index (χ1n) is 6.17. The van der Waals surface area contributed by atoms with E-state index in [1.807, 2.05) is 11.8 Å². The molecule has 1 heteroatoms. The van der Waals surface area contributed by atoms with Gasteiger partial charge in [-0.2, -0.15) is 11.8 Å². The van der Waals surface area contributed by atoms with Gasteiger partial charge in [-0.15, -0.1) is 0 Å². The average Bonchev–Trinajstić information content (AvgIpc) is 2.71. The zero-order valence-electron chi connectivity index (χ0n) is 10.0. The molecule has 2 aromatic rings. The molecule has 1 aliphatic carbocycles. The summed E-state index contributed by atoms with van der Waals surface area (Å²) in [5.41, 5.74) is 5.89. The highest BCUT2D eigenvalue weighted by Gasteiger charge is 2.27. The summed E-state index contributed by atoms with van der Waals surface area (Å²) >= 11 is 2.03. The minimum Gasteiger partial charge on any atom is -0.161 e. The predicted octanol–water partition coefficient (Wildman–Crippen LogP) is 4.55. The predicted molar refractivity (Wildman–Crippen MR) is 76.7 cm³/mol. The van der Waals surface area contributed by atoms with Crippen molar-refractivity contribution in [3.63, 3.8) is 0 Å². The van der Waals surface area contributed by atoms with Gasteiger partial charge in [0, 0.05) is 11.7 Å². The third kappa shape index (κ3) is 1.79. The van der Waals surface area contributed by atoms with Gasteiger partial charge in [-0.3, -0.25) is 0 Å². The van der Waals surface area contributed by atoms with E-state index in [4.69, 9.17) is 0 Å². The standard InChI is InChI=1S/C16H16S/c1-2-17-11-16-14-9-5-3-7-12(14)13-8-4-6-10-15(13)16/h3-10,16H,2,11H2,1H3. The summed E-state index contributed by atoms with van der Waals surface area (Å²) in [4.78, 5) is 0. The van der Waals surface area contributed by atoms with Crippen LogP contribution in [0.2, 0.25) is 0 Å². The van der Waals surface area contributed by atoms with Crippen LogP contribution >= 0.6 is 11.8 Å². The Bertz CT molecular complexity index is 485. The van der Waals surface area contributed by atoms with Crippen LogP contribution in [0.15, 0.2) is 48.5 Å². The second-order valence-corrected chi connectivity index (χ2v) is 5.71. The normalized spacial score (nSPS) is 13.5. The van der Waals surface area contributed by atoms with Crippen LogP contribution in [0.3, 0.4) is 0 Å². The molecule has 0 heterocycles. The molecule has 0 aromatic heterocycles. The number of benzene rings is 2. The van der Waals surface area contributed by atoms with E-state index < -0.39 is 0 Å². The summed E-state index contributed by atoms with van der Waals surface area (Å²) in [6.07, 6.45) is 0. The quantitative estimate of drug-likeness (QED) is 0.758. The summed E-state index contributed by atoms with van der Waals surface area (Å²) in [7, 11) is 0. The average molecular weight is 240 g/mol. The molecule has 0 saturated carbocycles. The van der Waals surface area contributed by atoms with E-state index in [2.05, 4.69) is 55.5 Å². The van der Waals surface area contributed by atoms with Crippen LogP contribution in [0.1, 0.15) is 24.0 Å². The summed E-state index contributed by atoms with van der Waals surface area (Å²) in [5.74, 6) is 2.98. The Morgan fingerprint density at radius 2 is 1.41 bits per heavy atom. The Morgan fingerprint density at radius 3 is 1.94 bits per heavy atom. The molecule has 0 atom stereocenters. The fourth-order valence-corrected chi connectivity index (χ4v) is 3.51. The van der Waals surface area contributed by atoms with Crippen LogP contribution in [-0.4, -0.2) is 11.5 Å². The van der Waals surface area contributed by atoms with Crippen molar-refractivity contribution in [2.45, 2.75) is 12.8 Å². The maximum Gasteiger partial charge on any atom is 0.0192 e. The second kappa shape index (κ2) is 4.58. The van der Waals surface area contributed by atoms with Crippen molar-refractivity contribution in [2.24, 2.45) is 0 Å². The van der Waals surface area contributed by atoms with Gasteiger partial charge < -0.3 is 0 Å². The molecule has 0 aliphatic heterocycles. The summed E-state index contributed by atoms with van der Waals surface area (Å²) < 4.78 is 0. The van der Waals surface area contributed by atoms with Crippen LogP contribution in [0.5, 0.6) is 0 Å². The van der Waals surface area contributed by atoms with Gasteiger partial charge in [0.05, 0.1) is 0 Å². The van der Waals surface area contributed by atoms with E-state index in [-0.39, 0.29) is 0 Å². The third-order valence-corrected chi connectivity index (χ3v) is 4.43. The first-order valence-corrected chi connectivity index (χ1v) is 7.33. The number of hydrogen-bond donors (Lipinski definition) is 0. The zero-order chi connectivity index (χ0) is 11.7. The van der Waals surface area contributed by atoms with Gasteiger partial charge in [-0.05, 0) is 28.0 Å². The van der Waals surface area contributed by atoms with E-state index in [1.165, 1.54) is 33.8 Å². The molecule has 0 saturated heterocycles. The van der Waals surface area contributed by atoms with Crippen molar-refractivity contribution in [1.29, 1.82) is 0 Å². The fraction of sp³-hybridized carbons (Fsp3) is 0.250. The molecule has 0 radical (unpaired) electrons. The smallest absolute Gasteiger partial charge is 0.0192 e.